The molecule has 18 heavy (non-hydrogen) atoms. The Morgan fingerprint density at radius 2 is 2.06 bits per heavy atom. The fraction of sp³-hybridized carbons (Fsp3) is 0.571. The van der Waals surface area contributed by atoms with Gasteiger partial charge >= 0.3 is 0 Å². The summed E-state index contributed by atoms with van der Waals surface area (Å²) in [5.41, 5.74) is 7.35. The lowest BCUT2D eigenvalue weighted by atomic mass is 10.1. The van der Waals surface area contributed by atoms with Crippen LogP contribution in [0.3, 0.4) is 0 Å². The minimum Gasteiger partial charge on any atom is -0.493 e. The van der Waals surface area contributed by atoms with Crippen LogP contribution in [0.1, 0.15) is 27.2 Å². The highest BCUT2D eigenvalue weighted by Gasteiger charge is 2.09. The van der Waals surface area contributed by atoms with Gasteiger partial charge < -0.3 is 20.9 Å². The maximum Gasteiger partial charge on any atom is 0.123 e. The van der Waals surface area contributed by atoms with Crippen molar-refractivity contribution in [1.29, 1.82) is 0 Å². The fourth-order valence-corrected chi connectivity index (χ4v) is 1.49. The molecule has 102 valence electrons. The van der Waals surface area contributed by atoms with Crippen LogP contribution in [0.25, 0.3) is 0 Å². The summed E-state index contributed by atoms with van der Waals surface area (Å²) in [6.45, 7) is 7.22. The van der Waals surface area contributed by atoms with Gasteiger partial charge in [-0.3, -0.25) is 0 Å². The summed E-state index contributed by atoms with van der Waals surface area (Å²) >= 11 is 0. The van der Waals surface area contributed by atoms with Crippen molar-refractivity contribution in [3.63, 3.8) is 0 Å². The van der Waals surface area contributed by atoms with Crippen LogP contribution in [-0.4, -0.2) is 24.4 Å². The molecule has 0 aliphatic carbocycles. The van der Waals surface area contributed by atoms with Gasteiger partial charge in [-0.15, -0.1) is 0 Å². The molecule has 0 aliphatic rings. The highest BCUT2D eigenvalue weighted by atomic mass is 16.5. The second-order valence-corrected chi connectivity index (χ2v) is 4.83. The Hall–Kier alpha value is -1.42. The van der Waals surface area contributed by atoms with Crippen LogP contribution in [0, 0.1) is 5.92 Å². The molecule has 0 bridgehead atoms. The zero-order valence-corrected chi connectivity index (χ0v) is 11.4. The molecule has 1 atom stereocenters. The monoisotopic (exact) mass is 252 g/mol. The van der Waals surface area contributed by atoms with Gasteiger partial charge in [-0.1, -0.05) is 20.8 Å². The first kappa shape index (κ1) is 14.6. The molecule has 1 aromatic carbocycles. The van der Waals surface area contributed by atoms with Gasteiger partial charge in [-0.2, -0.15) is 0 Å². The molecule has 4 nitrogen and oxygen atoms in total. The van der Waals surface area contributed by atoms with Crippen LogP contribution in [0.15, 0.2) is 18.2 Å². The van der Waals surface area contributed by atoms with Gasteiger partial charge in [0.05, 0.1) is 12.7 Å². The van der Waals surface area contributed by atoms with Gasteiger partial charge in [0.15, 0.2) is 0 Å². The third-order valence-electron chi connectivity index (χ3n) is 2.69. The summed E-state index contributed by atoms with van der Waals surface area (Å²) in [7, 11) is 0. The van der Waals surface area contributed by atoms with Crippen LogP contribution in [0.4, 0.5) is 11.4 Å². The smallest absolute Gasteiger partial charge is 0.123 e. The Bertz CT molecular complexity index is 367. The summed E-state index contributed by atoms with van der Waals surface area (Å²) in [4.78, 5) is 0. The SMILES string of the molecule is CCCOc1cc(N)cc(NCC(O)C(C)C)c1. The van der Waals surface area contributed by atoms with E-state index in [1.807, 2.05) is 26.0 Å². The van der Waals surface area contributed by atoms with E-state index in [-0.39, 0.29) is 12.0 Å². The predicted octanol–water partition coefficient (Wildman–Crippen LogP) is 2.49. The zero-order valence-electron chi connectivity index (χ0n) is 11.4. The van der Waals surface area contributed by atoms with Crippen LogP contribution in [0.5, 0.6) is 5.75 Å². The van der Waals surface area contributed by atoms with Gasteiger partial charge in [0.2, 0.25) is 0 Å². The number of aliphatic hydroxyl groups excluding tert-OH is 1. The first-order valence-corrected chi connectivity index (χ1v) is 6.48. The molecular formula is C14H24N2O2. The normalized spacial score (nSPS) is 12.5. The van der Waals surface area contributed by atoms with Crippen LogP contribution >= 0.6 is 0 Å². The van der Waals surface area contributed by atoms with Gasteiger partial charge in [0, 0.05) is 30.1 Å². The van der Waals surface area contributed by atoms with E-state index in [1.54, 1.807) is 6.07 Å². The topological polar surface area (TPSA) is 67.5 Å². The maximum absolute atomic E-state index is 9.74. The lowest BCUT2D eigenvalue weighted by molar-refractivity contribution is 0.138. The summed E-state index contributed by atoms with van der Waals surface area (Å²) in [5.74, 6) is 0.993. The summed E-state index contributed by atoms with van der Waals surface area (Å²) in [6, 6.07) is 5.55. The summed E-state index contributed by atoms with van der Waals surface area (Å²) in [5, 5.41) is 12.9. The average Bonchev–Trinajstić information content (AvgIpc) is 2.32. The number of nitrogens with two attached hydrogens (primary N) is 1. The van der Waals surface area contributed by atoms with E-state index < -0.39 is 0 Å². The summed E-state index contributed by atoms with van der Waals surface area (Å²) < 4.78 is 5.55. The molecule has 0 aliphatic heterocycles. The molecule has 4 N–H and O–H groups in total. The van der Waals surface area contributed by atoms with E-state index in [1.165, 1.54) is 0 Å². The van der Waals surface area contributed by atoms with Crippen molar-refractivity contribution in [1.82, 2.24) is 0 Å². The Kier molecular flexibility index (Phi) is 5.78. The van der Waals surface area contributed by atoms with Crippen molar-refractivity contribution in [3.8, 4) is 5.75 Å². The number of anilines is 2. The lowest BCUT2D eigenvalue weighted by Crippen LogP contribution is -2.24. The number of nitrogens with one attached hydrogen (secondary N) is 1. The molecule has 0 aromatic heterocycles. The van der Waals surface area contributed by atoms with Crippen molar-refractivity contribution < 1.29 is 9.84 Å². The van der Waals surface area contributed by atoms with Gasteiger partial charge in [-0.05, 0) is 18.4 Å². The Morgan fingerprint density at radius 3 is 2.67 bits per heavy atom. The number of rotatable bonds is 7. The molecule has 4 heteroatoms. The molecule has 0 amide bonds. The first-order chi connectivity index (χ1) is 8.52. The predicted molar refractivity (Wildman–Crippen MR) is 76.0 cm³/mol. The molecule has 0 heterocycles. The molecule has 0 saturated heterocycles. The number of nitrogen functional groups attached to an aromatic ring is 1. The molecule has 0 radical (unpaired) electrons. The molecule has 0 fully saturated rings. The van der Waals surface area contributed by atoms with Crippen molar-refractivity contribution in [3.05, 3.63) is 18.2 Å². The summed E-state index contributed by atoms with van der Waals surface area (Å²) in [6.07, 6.45) is 0.593. The number of hydrogen-bond donors (Lipinski definition) is 3. The third-order valence-corrected chi connectivity index (χ3v) is 2.69. The number of benzene rings is 1. The van der Waals surface area contributed by atoms with Crippen LogP contribution < -0.4 is 15.8 Å². The maximum atomic E-state index is 9.74. The van der Waals surface area contributed by atoms with Crippen LogP contribution in [-0.2, 0) is 0 Å². The van der Waals surface area contributed by atoms with Crippen molar-refractivity contribution >= 4 is 11.4 Å². The van der Waals surface area contributed by atoms with Crippen LogP contribution in [0.2, 0.25) is 0 Å². The number of aliphatic hydroxyl groups is 1. The average molecular weight is 252 g/mol. The van der Waals surface area contributed by atoms with Gasteiger partial charge in [-0.25, -0.2) is 0 Å². The molecule has 0 saturated carbocycles. The Morgan fingerprint density at radius 1 is 1.33 bits per heavy atom. The highest BCUT2D eigenvalue weighted by Crippen LogP contribution is 2.23. The van der Waals surface area contributed by atoms with Crippen molar-refractivity contribution in [2.24, 2.45) is 5.92 Å². The molecule has 0 spiro atoms. The van der Waals surface area contributed by atoms with E-state index in [0.717, 1.165) is 17.9 Å². The quantitative estimate of drug-likeness (QED) is 0.652. The van der Waals surface area contributed by atoms with E-state index in [4.69, 9.17) is 10.5 Å². The van der Waals surface area contributed by atoms with Crippen molar-refractivity contribution in [2.45, 2.75) is 33.3 Å². The standard InChI is InChI=1S/C14H24N2O2/c1-4-5-18-13-7-11(15)6-12(8-13)16-9-14(17)10(2)3/h6-8,10,14,16-17H,4-5,9,15H2,1-3H3. The molecule has 1 aromatic rings. The Balaban J connectivity index is 2.62. The van der Waals surface area contributed by atoms with E-state index in [9.17, 15) is 5.11 Å². The van der Waals surface area contributed by atoms with Gasteiger partial charge in [0.25, 0.3) is 0 Å². The molecule has 1 unspecified atom stereocenters. The highest BCUT2D eigenvalue weighted by molar-refractivity contribution is 5.59. The number of ether oxygens (including phenoxy) is 1. The van der Waals surface area contributed by atoms with E-state index in [2.05, 4.69) is 12.2 Å². The molecule has 1 rings (SSSR count). The number of hydrogen-bond acceptors (Lipinski definition) is 4. The van der Waals surface area contributed by atoms with E-state index >= 15 is 0 Å². The zero-order chi connectivity index (χ0) is 13.5. The first-order valence-electron chi connectivity index (χ1n) is 6.48. The Labute approximate surface area is 109 Å². The third kappa shape index (κ3) is 4.84. The minimum absolute atomic E-state index is 0.231. The van der Waals surface area contributed by atoms with Gasteiger partial charge in [0.1, 0.15) is 5.75 Å². The fourth-order valence-electron chi connectivity index (χ4n) is 1.49. The van der Waals surface area contributed by atoms with Crippen molar-refractivity contribution in [2.75, 3.05) is 24.2 Å². The second kappa shape index (κ2) is 7.11. The second-order valence-electron chi connectivity index (χ2n) is 4.83. The van der Waals surface area contributed by atoms with E-state index in [0.29, 0.717) is 18.8 Å². The largest absolute Gasteiger partial charge is 0.493 e. The molecular weight excluding hydrogens is 228 g/mol. The minimum atomic E-state index is -0.369. The lowest BCUT2D eigenvalue weighted by Gasteiger charge is -2.17.